The fourth-order valence-electron chi connectivity index (χ4n) is 21.1. The minimum atomic E-state index is 0.492. The van der Waals surface area contributed by atoms with Gasteiger partial charge in [-0.25, -0.2) is 0 Å². The zero-order chi connectivity index (χ0) is 41.0. The van der Waals surface area contributed by atoms with E-state index < -0.39 is 0 Å². The predicted molar refractivity (Wildman–Crippen MR) is 252 cm³/mol. The van der Waals surface area contributed by atoms with Gasteiger partial charge >= 0.3 is 0 Å². The molecular weight excluding hydrogens is 727 g/mol. The third-order valence-electron chi connectivity index (χ3n) is 24.1. The quantitative estimate of drug-likeness (QED) is 0.305. The lowest BCUT2D eigenvalue weighted by molar-refractivity contribution is -0.144. The molecule has 0 amide bonds. The zero-order valence-electron chi connectivity index (χ0n) is 40.5. The van der Waals surface area contributed by atoms with Gasteiger partial charge in [0.1, 0.15) is 0 Å². The smallest absolute Gasteiger partial charge is 0.0135 e. The zero-order valence-corrected chi connectivity index (χ0v) is 40.5. The summed E-state index contributed by atoms with van der Waals surface area (Å²) < 4.78 is 0. The molecule has 8 aliphatic carbocycles. The van der Waals surface area contributed by atoms with E-state index in [0.717, 1.165) is 108 Å². The summed E-state index contributed by atoms with van der Waals surface area (Å²) in [6.45, 7) is 16.5. The van der Waals surface area contributed by atoms with Crippen LogP contribution in [-0.2, 0) is 0 Å². The van der Waals surface area contributed by atoms with Crippen molar-refractivity contribution in [1.29, 1.82) is 0 Å². The van der Waals surface area contributed by atoms with Crippen LogP contribution in [0.25, 0.3) is 0 Å². The largest absolute Gasteiger partial charge is 0.311 e. The fourth-order valence-corrected chi connectivity index (χ4v) is 21.1. The summed E-state index contributed by atoms with van der Waals surface area (Å²) in [6, 6.07) is 6.99. The molecule has 0 aromatic rings. The molecule has 11 rings (SSSR count). The Labute approximate surface area is 371 Å². The SMILES string of the molecule is CC1(C)C2CC(C3CCC(N4C5CCCCC5C(C)(C)C5CCCCC54)CC3)CCC2NC2CCC(C3CCC(N4C5CCCCC5C(C)(C)C5CCCCC54)CC3)CC21. The van der Waals surface area contributed by atoms with Gasteiger partial charge in [-0.15, -0.1) is 0 Å². The van der Waals surface area contributed by atoms with Crippen LogP contribution in [0, 0.1) is 75.4 Å². The van der Waals surface area contributed by atoms with Gasteiger partial charge in [0.25, 0.3) is 0 Å². The van der Waals surface area contributed by atoms with E-state index >= 15 is 0 Å². The molecule has 60 heavy (non-hydrogen) atoms. The van der Waals surface area contributed by atoms with Crippen molar-refractivity contribution in [1.82, 2.24) is 15.1 Å². The van der Waals surface area contributed by atoms with Crippen molar-refractivity contribution in [3.63, 3.8) is 0 Å². The van der Waals surface area contributed by atoms with E-state index in [2.05, 4.69) is 56.7 Å². The number of nitrogens with zero attached hydrogens (tertiary/aromatic N) is 2. The maximum atomic E-state index is 4.47. The number of likely N-dealkylation sites (tertiary alicyclic amines) is 2. The van der Waals surface area contributed by atoms with Crippen molar-refractivity contribution in [2.75, 3.05) is 0 Å². The van der Waals surface area contributed by atoms with E-state index in [9.17, 15) is 0 Å². The van der Waals surface area contributed by atoms with Crippen LogP contribution < -0.4 is 5.32 Å². The van der Waals surface area contributed by atoms with E-state index in [1.54, 1.807) is 38.5 Å². The lowest BCUT2D eigenvalue weighted by atomic mass is 9.51. The summed E-state index contributed by atoms with van der Waals surface area (Å²) in [7, 11) is 0. The highest BCUT2D eigenvalue weighted by Gasteiger charge is 2.59. The van der Waals surface area contributed by atoms with Gasteiger partial charge in [0.05, 0.1) is 0 Å². The molecule has 0 bridgehead atoms. The van der Waals surface area contributed by atoms with Crippen molar-refractivity contribution in [2.24, 2.45) is 75.4 Å². The van der Waals surface area contributed by atoms with Crippen molar-refractivity contribution in [3.05, 3.63) is 0 Å². The first kappa shape index (κ1) is 42.5. The Hall–Kier alpha value is -0.120. The summed E-state index contributed by atoms with van der Waals surface area (Å²) in [5, 5.41) is 4.47. The molecule has 0 radical (unpaired) electrons. The van der Waals surface area contributed by atoms with Gasteiger partial charge < -0.3 is 5.32 Å². The van der Waals surface area contributed by atoms with Crippen LogP contribution in [0.1, 0.15) is 234 Å². The highest BCUT2D eigenvalue weighted by Crippen LogP contribution is 2.61. The van der Waals surface area contributed by atoms with Gasteiger partial charge in [0.15, 0.2) is 0 Å². The van der Waals surface area contributed by atoms with Crippen molar-refractivity contribution < 1.29 is 0 Å². The number of hydrogen-bond donors (Lipinski definition) is 1. The monoisotopic (exact) mass is 824 g/mol. The number of nitrogens with one attached hydrogen (secondary N) is 1. The number of piperidine rings is 3. The van der Waals surface area contributed by atoms with Gasteiger partial charge in [-0.2, -0.15) is 0 Å². The molecule has 340 valence electrons. The summed E-state index contributed by atoms with van der Waals surface area (Å²) in [5.41, 5.74) is 1.61. The van der Waals surface area contributed by atoms with Gasteiger partial charge in [0, 0.05) is 48.3 Å². The average molecular weight is 824 g/mol. The maximum absolute atomic E-state index is 4.47. The standard InChI is InChI=1S/C57H97N3/c1-55(2)43-15-7-11-19-51(43)59(52-20-12-8-16-44(52)55)41-29-23-37(24-30-41)39-27-33-49-47(35-39)57(5,6)48-36-40(28-34-50(48)58-49)38-25-31-42(32-26-38)60-53-21-13-9-17-45(53)56(3,4)46-18-10-14-22-54(46)60/h37-54,58H,7-36H2,1-6H3. The first-order valence-corrected chi connectivity index (χ1v) is 28.3. The molecule has 0 aromatic heterocycles. The average Bonchev–Trinajstić information content (AvgIpc) is 3.27. The van der Waals surface area contributed by atoms with Crippen LogP contribution in [0.5, 0.6) is 0 Å². The molecule has 3 aliphatic heterocycles. The molecule has 3 heteroatoms. The second-order valence-corrected chi connectivity index (χ2v) is 27.1. The normalized spacial score (nSPS) is 51.7. The Balaban J connectivity index is 0.717. The Morgan fingerprint density at radius 3 is 0.917 bits per heavy atom. The third kappa shape index (κ3) is 7.15. The lowest BCUT2D eigenvalue weighted by Gasteiger charge is -2.64. The molecule has 3 nitrogen and oxygen atoms in total. The maximum Gasteiger partial charge on any atom is 0.0135 e. The molecular formula is C57H97N3. The fraction of sp³-hybridized carbons (Fsp3) is 1.00. The molecule has 8 saturated carbocycles. The lowest BCUT2D eigenvalue weighted by Crippen LogP contribution is -2.66. The minimum absolute atomic E-state index is 0.492. The van der Waals surface area contributed by atoms with E-state index in [0.29, 0.717) is 16.2 Å². The molecule has 0 spiro atoms. The van der Waals surface area contributed by atoms with Crippen molar-refractivity contribution >= 4 is 0 Å². The van der Waals surface area contributed by atoms with E-state index in [1.165, 1.54) is 154 Å². The number of fused-ring (bicyclic) bond motifs is 6. The third-order valence-corrected chi connectivity index (χ3v) is 24.1. The van der Waals surface area contributed by atoms with Crippen LogP contribution in [0.2, 0.25) is 0 Å². The second kappa shape index (κ2) is 16.6. The molecule has 3 heterocycles. The Morgan fingerprint density at radius 1 is 0.300 bits per heavy atom. The van der Waals surface area contributed by atoms with Crippen LogP contribution in [0.4, 0.5) is 0 Å². The topological polar surface area (TPSA) is 18.5 Å². The van der Waals surface area contributed by atoms with Gasteiger partial charge in [0.2, 0.25) is 0 Å². The number of hydrogen-bond acceptors (Lipinski definition) is 3. The van der Waals surface area contributed by atoms with E-state index in [4.69, 9.17) is 0 Å². The Kier molecular flexibility index (Phi) is 11.8. The summed E-state index contributed by atoms with van der Waals surface area (Å²) in [6.07, 6.45) is 45.5. The highest BCUT2D eigenvalue weighted by atomic mass is 15.3. The van der Waals surface area contributed by atoms with Crippen molar-refractivity contribution in [3.8, 4) is 0 Å². The molecule has 0 aromatic carbocycles. The molecule has 11 fully saturated rings. The summed E-state index contributed by atoms with van der Waals surface area (Å²) in [4.78, 5) is 6.61. The minimum Gasteiger partial charge on any atom is -0.311 e. The van der Waals surface area contributed by atoms with Crippen LogP contribution in [0.3, 0.4) is 0 Å². The van der Waals surface area contributed by atoms with Crippen LogP contribution >= 0.6 is 0 Å². The molecule has 11 aliphatic rings. The number of rotatable bonds is 4. The summed E-state index contributed by atoms with van der Waals surface area (Å²) in [5.74, 6) is 9.64. The van der Waals surface area contributed by atoms with Crippen LogP contribution in [-0.4, -0.2) is 58.1 Å². The first-order chi connectivity index (χ1) is 29.0. The second-order valence-electron chi connectivity index (χ2n) is 27.1. The van der Waals surface area contributed by atoms with Gasteiger partial charge in [-0.05, 0) is 217 Å². The predicted octanol–water partition coefficient (Wildman–Crippen LogP) is 14.2. The van der Waals surface area contributed by atoms with Crippen LogP contribution in [0.15, 0.2) is 0 Å². The Bertz CT molecular complexity index is 1310. The van der Waals surface area contributed by atoms with Crippen molar-refractivity contribution in [2.45, 2.75) is 283 Å². The Morgan fingerprint density at radius 2 is 0.583 bits per heavy atom. The van der Waals surface area contributed by atoms with E-state index in [1.807, 2.05) is 0 Å². The van der Waals surface area contributed by atoms with Gasteiger partial charge in [-0.1, -0.05) is 92.9 Å². The molecule has 14 atom stereocenters. The highest BCUT2D eigenvalue weighted by molar-refractivity contribution is 5.11. The molecule has 14 unspecified atom stereocenters. The molecule has 3 saturated heterocycles. The van der Waals surface area contributed by atoms with E-state index in [-0.39, 0.29) is 0 Å². The summed E-state index contributed by atoms with van der Waals surface area (Å²) >= 11 is 0. The van der Waals surface area contributed by atoms with Gasteiger partial charge in [-0.3, -0.25) is 9.80 Å². The first-order valence-electron chi connectivity index (χ1n) is 28.3. The molecule has 1 N–H and O–H groups in total.